The van der Waals surface area contributed by atoms with E-state index in [1.807, 2.05) is 25.1 Å². The Bertz CT molecular complexity index is 1230. The molecule has 1 aliphatic rings. The summed E-state index contributed by atoms with van der Waals surface area (Å²) in [4.78, 5) is 27.9. The molecule has 0 aromatic heterocycles. The molecule has 37 heavy (non-hydrogen) atoms. The highest BCUT2D eigenvalue weighted by atomic mass is 32.2. The molecule has 1 aliphatic carbocycles. The number of rotatable bonds is 9. The van der Waals surface area contributed by atoms with Gasteiger partial charge in [-0.1, -0.05) is 48.7 Å². The predicted octanol–water partition coefficient (Wildman–Crippen LogP) is 4.26. The minimum Gasteiger partial charge on any atom is -0.352 e. The van der Waals surface area contributed by atoms with Crippen LogP contribution in [0.15, 0.2) is 48.5 Å². The van der Waals surface area contributed by atoms with Crippen molar-refractivity contribution in [3.05, 3.63) is 65.2 Å². The van der Waals surface area contributed by atoms with Gasteiger partial charge in [0, 0.05) is 12.6 Å². The normalized spacial score (nSPS) is 15.3. The lowest BCUT2D eigenvalue weighted by Gasteiger charge is -2.32. The molecule has 0 radical (unpaired) electrons. The Morgan fingerprint density at radius 2 is 1.73 bits per heavy atom. The van der Waals surface area contributed by atoms with Crippen LogP contribution >= 0.6 is 0 Å². The first-order valence-electron chi connectivity index (χ1n) is 12.1. The summed E-state index contributed by atoms with van der Waals surface area (Å²) in [6.45, 7) is 2.71. The van der Waals surface area contributed by atoms with E-state index in [2.05, 4.69) is 5.32 Å². The first kappa shape index (κ1) is 28.5. The zero-order chi connectivity index (χ0) is 27.4. The van der Waals surface area contributed by atoms with E-state index >= 15 is 0 Å². The van der Waals surface area contributed by atoms with E-state index in [-0.39, 0.29) is 24.2 Å². The molecule has 3 rings (SSSR count). The van der Waals surface area contributed by atoms with Crippen LogP contribution in [0.25, 0.3) is 0 Å². The molecule has 2 amide bonds. The Morgan fingerprint density at radius 1 is 1.08 bits per heavy atom. The van der Waals surface area contributed by atoms with Crippen LogP contribution in [0, 0.1) is 6.92 Å². The van der Waals surface area contributed by atoms with Gasteiger partial charge in [-0.15, -0.1) is 0 Å². The largest absolute Gasteiger partial charge is 0.416 e. The van der Waals surface area contributed by atoms with E-state index in [0.717, 1.165) is 55.2 Å². The van der Waals surface area contributed by atoms with Gasteiger partial charge in [-0.3, -0.25) is 13.9 Å². The number of aryl methyl sites for hydroxylation is 1. The van der Waals surface area contributed by atoms with Crippen molar-refractivity contribution in [1.82, 2.24) is 10.2 Å². The number of carbonyl (C=O) groups is 2. The Kier molecular flexibility index (Phi) is 8.88. The van der Waals surface area contributed by atoms with Gasteiger partial charge >= 0.3 is 6.18 Å². The molecular weight excluding hydrogens is 507 g/mol. The number of carbonyl (C=O) groups excluding carboxylic acids is 2. The summed E-state index contributed by atoms with van der Waals surface area (Å²) < 4.78 is 65.6. The van der Waals surface area contributed by atoms with E-state index in [4.69, 9.17) is 0 Å². The van der Waals surface area contributed by atoms with Crippen LogP contribution in [0.1, 0.15) is 49.3 Å². The number of hydrogen-bond acceptors (Lipinski definition) is 4. The molecule has 1 saturated carbocycles. The lowest BCUT2D eigenvalue weighted by molar-refractivity contribution is -0.139. The summed E-state index contributed by atoms with van der Waals surface area (Å²) in [5, 5.41) is 2.96. The second-order valence-corrected chi connectivity index (χ2v) is 11.4. The van der Waals surface area contributed by atoms with Crippen molar-refractivity contribution in [1.29, 1.82) is 0 Å². The molecule has 0 saturated heterocycles. The van der Waals surface area contributed by atoms with Crippen LogP contribution < -0.4 is 9.62 Å². The van der Waals surface area contributed by atoms with Crippen molar-refractivity contribution >= 4 is 27.5 Å². The third-order valence-corrected chi connectivity index (χ3v) is 7.59. The first-order valence-corrected chi connectivity index (χ1v) is 13.9. The Hall–Kier alpha value is -3.08. The summed E-state index contributed by atoms with van der Waals surface area (Å²) in [5.74, 6) is -1.07. The fraction of sp³-hybridized carbons (Fsp3) is 0.462. The van der Waals surface area contributed by atoms with Crippen molar-refractivity contribution < 1.29 is 31.2 Å². The molecule has 0 aliphatic heterocycles. The average Bonchev–Trinajstić information content (AvgIpc) is 3.32. The maximum Gasteiger partial charge on any atom is 0.416 e. The second kappa shape index (κ2) is 11.5. The number of alkyl halides is 3. The third kappa shape index (κ3) is 7.70. The van der Waals surface area contributed by atoms with Crippen LogP contribution in [0.2, 0.25) is 0 Å². The van der Waals surface area contributed by atoms with Gasteiger partial charge in [0.25, 0.3) is 0 Å². The van der Waals surface area contributed by atoms with E-state index in [0.29, 0.717) is 10.4 Å². The number of nitrogens with zero attached hydrogens (tertiary/aromatic N) is 2. The number of benzene rings is 2. The van der Waals surface area contributed by atoms with Gasteiger partial charge in [-0.25, -0.2) is 8.42 Å². The lowest BCUT2D eigenvalue weighted by atomic mass is 10.1. The van der Waals surface area contributed by atoms with E-state index in [1.54, 1.807) is 13.0 Å². The molecule has 11 heteroatoms. The van der Waals surface area contributed by atoms with Crippen LogP contribution in [-0.2, 0) is 32.3 Å². The number of halogens is 3. The molecule has 0 heterocycles. The monoisotopic (exact) mass is 539 g/mol. The van der Waals surface area contributed by atoms with Gasteiger partial charge in [0.1, 0.15) is 12.6 Å². The van der Waals surface area contributed by atoms with Gasteiger partial charge in [-0.2, -0.15) is 13.2 Å². The number of nitrogens with one attached hydrogen (secondary N) is 1. The zero-order valence-electron chi connectivity index (χ0n) is 21.1. The summed E-state index contributed by atoms with van der Waals surface area (Å²) in [7, 11) is -4.14. The maximum absolute atomic E-state index is 13.5. The van der Waals surface area contributed by atoms with Crippen LogP contribution in [0.5, 0.6) is 0 Å². The minimum atomic E-state index is -4.69. The highest BCUT2D eigenvalue weighted by Gasteiger charge is 2.34. The van der Waals surface area contributed by atoms with Crippen molar-refractivity contribution in [2.24, 2.45) is 0 Å². The number of hydrogen-bond donors (Lipinski definition) is 1. The van der Waals surface area contributed by atoms with Crippen molar-refractivity contribution in [2.45, 2.75) is 64.3 Å². The highest BCUT2D eigenvalue weighted by Crippen LogP contribution is 2.32. The average molecular weight is 540 g/mol. The fourth-order valence-electron chi connectivity index (χ4n) is 4.43. The van der Waals surface area contributed by atoms with Crippen LogP contribution in [-0.4, -0.2) is 50.0 Å². The molecule has 1 N–H and O–H groups in total. The topological polar surface area (TPSA) is 86.8 Å². The molecule has 2 aromatic carbocycles. The summed E-state index contributed by atoms with van der Waals surface area (Å²) in [6, 6.07) is 10.2. The van der Waals surface area contributed by atoms with E-state index < -0.39 is 40.3 Å². The van der Waals surface area contributed by atoms with Gasteiger partial charge in [0.05, 0.1) is 17.5 Å². The molecule has 202 valence electrons. The Balaban J connectivity index is 1.92. The van der Waals surface area contributed by atoms with Crippen molar-refractivity contribution in [2.75, 3.05) is 17.1 Å². The molecule has 0 spiro atoms. The fourth-order valence-corrected chi connectivity index (χ4v) is 5.27. The SMILES string of the molecule is Cc1cccc(CN(C(=O)CN(c2cccc(C(F)(F)F)c2)S(C)(=O)=O)C(C)C(=O)NC2CCCC2)c1. The minimum absolute atomic E-state index is 0.0171. The lowest BCUT2D eigenvalue weighted by Crippen LogP contribution is -2.52. The van der Waals surface area contributed by atoms with Gasteiger partial charge in [-0.05, 0) is 50.5 Å². The van der Waals surface area contributed by atoms with Crippen LogP contribution in [0.4, 0.5) is 18.9 Å². The van der Waals surface area contributed by atoms with Gasteiger partial charge < -0.3 is 10.2 Å². The van der Waals surface area contributed by atoms with E-state index in [9.17, 15) is 31.2 Å². The number of amides is 2. The van der Waals surface area contributed by atoms with Crippen molar-refractivity contribution in [3.63, 3.8) is 0 Å². The smallest absolute Gasteiger partial charge is 0.352 e. The number of sulfonamides is 1. The molecule has 2 aromatic rings. The maximum atomic E-state index is 13.5. The molecule has 7 nitrogen and oxygen atoms in total. The van der Waals surface area contributed by atoms with Gasteiger partial charge in [0.15, 0.2) is 0 Å². The molecule has 1 fully saturated rings. The standard InChI is InChI=1S/C26H32F3N3O4S/c1-18-8-6-9-20(14-18)16-31(19(2)25(34)30-22-11-4-5-12-22)24(33)17-32(37(3,35)36)23-13-7-10-21(15-23)26(27,28)29/h6-10,13-15,19,22H,4-5,11-12,16-17H2,1-3H3,(H,30,34). The summed E-state index contributed by atoms with van der Waals surface area (Å²) in [5.41, 5.74) is 0.352. The number of anilines is 1. The quantitative estimate of drug-likeness (QED) is 0.516. The Labute approximate surface area is 215 Å². The third-order valence-electron chi connectivity index (χ3n) is 6.44. The van der Waals surface area contributed by atoms with E-state index in [1.165, 1.54) is 11.0 Å². The molecular formula is C26H32F3N3O4S. The summed E-state index contributed by atoms with van der Waals surface area (Å²) in [6.07, 6.45) is -0.157. The summed E-state index contributed by atoms with van der Waals surface area (Å²) >= 11 is 0. The Morgan fingerprint density at radius 3 is 2.32 bits per heavy atom. The predicted molar refractivity (Wildman–Crippen MR) is 135 cm³/mol. The molecule has 0 bridgehead atoms. The molecule has 1 atom stereocenters. The van der Waals surface area contributed by atoms with Crippen molar-refractivity contribution in [3.8, 4) is 0 Å². The zero-order valence-corrected chi connectivity index (χ0v) is 21.9. The highest BCUT2D eigenvalue weighted by molar-refractivity contribution is 7.92. The van der Waals surface area contributed by atoms with Crippen LogP contribution in [0.3, 0.4) is 0 Å². The van der Waals surface area contributed by atoms with Gasteiger partial charge in [0.2, 0.25) is 21.8 Å². The first-order chi connectivity index (χ1) is 17.3. The second-order valence-electron chi connectivity index (χ2n) is 9.49. The molecule has 1 unspecified atom stereocenters.